The summed E-state index contributed by atoms with van der Waals surface area (Å²) in [5.41, 5.74) is 1.08. The lowest BCUT2D eigenvalue weighted by Crippen LogP contribution is -2.49. The van der Waals surface area contributed by atoms with Gasteiger partial charge in [-0.15, -0.1) is 0 Å². The largest absolute Gasteiger partial charge is 0.493 e. The molecule has 0 aromatic heterocycles. The van der Waals surface area contributed by atoms with E-state index in [1.165, 1.54) is 0 Å². The minimum absolute atomic E-state index is 0.0153. The van der Waals surface area contributed by atoms with Crippen LogP contribution in [0, 0.1) is 0 Å². The van der Waals surface area contributed by atoms with Gasteiger partial charge in [0.2, 0.25) is 0 Å². The molecular weight excluding hydrogens is 424 g/mol. The van der Waals surface area contributed by atoms with Gasteiger partial charge in [-0.25, -0.2) is 0 Å². The number of piperazine rings is 1. The van der Waals surface area contributed by atoms with Gasteiger partial charge in [-0.1, -0.05) is 28.1 Å². The van der Waals surface area contributed by atoms with E-state index in [1.54, 1.807) is 14.2 Å². The van der Waals surface area contributed by atoms with Crippen molar-refractivity contribution < 1.29 is 19.0 Å². The highest BCUT2D eigenvalue weighted by atomic mass is 79.9. The molecule has 0 radical (unpaired) electrons. The molecule has 3 rings (SSSR count). The molecule has 1 aliphatic rings. The molecule has 1 fully saturated rings. The number of methoxy groups -OCH3 is 2. The molecule has 28 heavy (non-hydrogen) atoms. The molecule has 150 valence electrons. The van der Waals surface area contributed by atoms with E-state index in [1.807, 2.05) is 47.4 Å². The normalized spacial score (nSPS) is 14.6. The molecule has 1 amide bonds. The fourth-order valence-corrected chi connectivity index (χ4v) is 3.51. The second-order valence-electron chi connectivity index (χ2n) is 6.55. The first-order chi connectivity index (χ1) is 13.6. The third-order valence-corrected chi connectivity index (χ3v) is 5.31. The molecule has 1 saturated heterocycles. The predicted octanol–water partition coefficient (Wildman–Crippen LogP) is 3.19. The Hall–Kier alpha value is -2.25. The van der Waals surface area contributed by atoms with Gasteiger partial charge in [-0.05, 0) is 30.3 Å². The maximum atomic E-state index is 12.4. The molecule has 6 nitrogen and oxygen atoms in total. The molecule has 2 aromatic carbocycles. The van der Waals surface area contributed by atoms with E-state index in [-0.39, 0.29) is 12.5 Å². The van der Waals surface area contributed by atoms with Crippen LogP contribution in [0.2, 0.25) is 0 Å². The highest BCUT2D eigenvalue weighted by Gasteiger charge is 2.22. The van der Waals surface area contributed by atoms with E-state index in [0.717, 1.165) is 41.2 Å². The van der Waals surface area contributed by atoms with Crippen molar-refractivity contribution in [2.45, 2.75) is 6.54 Å². The number of hydrogen-bond acceptors (Lipinski definition) is 5. The number of hydrogen-bond donors (Lipinski definition) is 0. The maximum absolute atomic E-state index is 12.4. The fourth-order valence-electron chi connectivity index (χ4n) is 3.24. The van der Waals surface area contributed by atoms with Crippen LogP contribution in [0.1, 0.15) is 5.56 Å². The minimum Gasteiger partial charge on any atom is -0.493 e. The lowest BCUT2D eigenvalue weighted by atomic mass is 10.1. The van der Waals surface area contributed by atoms with Crippen LogP contribution in [0.4, 0.5) is 0 Å². The highest BCUT2D eigenvalue weighted by molar-refractivity contribution is 9.10. The highest BCUT2D eigenvalue weighted by Crippen LogP contribution is 2.31. The van der Waals surface area contributed by atoms with Crippen molar-refractivity contribution in [3.8, 4) is 17.2 Å². The van der Waals surface area contributed by atoms with Gasteiger partial charge in [0.15, 0.2) is 18.1 Å². The minimum atomic E-state index is 0.0153. The van der Waals surface area contributed by atoms with Crippen LogP contribution in [-0.4, -0.2) is 62.7 Å². The zero-order chi connectivity index (χ0) is 19.9. The van der Waals surface area contributed by atoms with Crippen molar-refractivity contribution in [2.24, 2.45) is 0 Å². The Labute approximate surface area is 174 Å². The van der Waals surface area contributed by atoms with Crippen LogP contribution in [0.15, 0.2) is 46.9 Å². The third-order valence-electron chi connectivity index (χ3n) is 4.78. The van der Waals surface area contributed by atoms with Crippen molar-refractivity contribution in [1.82, 2.24) is 9.80 Å². The molecule has 2 aromatic rings. The van der Waals surface area contributed by atoms with Crippen molar-refractivity contribution in [3.05, 3.63) is 52.5 Å². The van der Waals surface area contributed by atoms with Gasteiger partial charge in [0.25, 0.3) is 5.91 Å². The van der Waals surface area contributed by atoms with Crippen LogP contribution >= 0.6 is 15.9 Å². The molecule has 7 heteroatoms. The van der Waals surface area contributed by atoms with Gasteiger partial charge in [0.1, 0.15) is 5.75 Å². The number of halogens is 1. The number of carbonyl (C=O) groups excluding carboxylic acids is 1. The number of ether oxygens (including phenoxy) is 3. The van der Waals surface area contributed by atoms with E-state index in [2.05, 4.69) is 20.8 Å². The Bertz CT molecular complexity index is 789. The van der Waals surface area contributed by atoms with Crippen LogP contribution in [0.5, 0.6) is 17.2 Å². The summed E-state index contributed by atoms with van der Waals surface area (Å²) >= 11 is 3.38. The van der Waals surface area contributed by atoms with Crippen LogP contribution in [0.25, 0.3) is 0 Å². The first-order valence-corrected chi connectivity index (χ1v) is 9.98. The quantitative estimate of drug-likeness (QED) is 0.650. The topological polar surface area (TPSA) is 51.2 Å². The van der Waals surface area contributed by atoms with Crippen LogP contribution < -0.4 is 14.2 Å². The lowest BCUT2D eigenvalue weighted by Gasteiger charge is -2.35. The van der Waals surface area contributed by atoms with E-state index >= 15 is 0 Å². The summed E-state index contributed by atoms with van der Waals surface area (Å²) in [6.07, 6.45) is 0. The number of carbonyl (C=O) groups is 1. The van der Waals surface area contributed by atoms with Crippen molar-refractivity contribution in [2.75, 3.05) is 47.0 Å². The summed E-state index contributed by atoms with van der Waals surface area (Å²) in [4.78, 5) is 16.6. The average molecular weight is 449 g/mol. The molecule has 0 atom stereocenters. The Morgan fingerprint density at radius 2 is 1.71 bits per heavy atom. The lowest BCUT2D eigenvalue weighted by molar-refractivity contribution is -0.135. The van der Waals surface area contributed by atoms with Gasteiger partial charge >= 0.3 is 0 Å². The summed E-state index contributed by atoms with van der Waals surface area (Å²) in [5, 5.41) is 0. The number of rotatable bonds is 7. The van der Waals surface area contributed by atoms with Gasteiger partial charge < -0.3 is 19.1 Å². The molecule has 1 aliphatic heterocycles. The monoisotopic (exact) mass is 448 g/mol. The summed E-state index contributed by atoms with van der Waals surface area (Å²) in [6.45, 7) is 3.82. The van der Waals surface area contributed by atoms with Gasteiger partial charge in [0.05, 0.1) is 14.2 Å². The number of amides is 1. The number of para-hydroxylation sites is 1. The predicted molar refractivity (Wildman–Crippen MR) is 111 cm³/mol. The molecule has 0 spiro atoms. The molecule has 0 unspecified atom stereocenters. The Morgan fingerprint density at radius 1 is 1.00 bits per heavy atom. The number of benzene rings is 2. The van der Waals surface area contributed by atoms with Gasteiger partial charge in [0, 0.05) is 42.8 Å². The first-order valence-electron chi connectivity index (χ1n) is 9.19. The molecule has 0 bridgehead atoms. The van der Waals surface area contributed by atoms with Crippen molar-refractivity contribution >= 4 is 21.8 Å². The zero-order valence-electron chi connectivity index (χ0n) is 16.2. The molecule has 0 aliphatic carbocycles. The molecule has 0 saturated carbocycles. The van der Waals surface area contributed by atoms with E-state index in [9.17, 15) is 4.79 Å². The molecule has 0 N–H and O–H groups in total. The van der Waals surface area contributed by atoms with E-state index in [4.69, 9.17) is 14.2 Å². The second kappa shape index (κ2) is 9.80. The van der Waals surface area contributed by atoms with Crippen molar-refractivity contribution in [1.29, 1.82) is 0 Å². The second-order valence-corrected chi connectivity index (χ2v) is 7.47. The van der Waals surface area contributed by atoms with Gasteiger partial charge in [-0.2, -0.15) is 0 Å². The number of nitrogens with zero attached hydrogens (tertiary/aromatic N) is 2. The maximum Gasteiger partial charge on any atom is 0.260 e. The van der Waals surface area contributed by atoms with E-state index < -0.39 is 0 Å². The van der Waals surface area contributed by atoms with Crippen molar-refractivity contribution in [3.63, 3.8) is 0 Å². The molecular formula is C21H25BrN2O4. The zero-order valence-corrected chi connectivity index (χ0v) is 17.8. The van der Waals surface area contributed by atoms with Crippen LogP contribution in [-0.2, 0) is 11.3 Å². The SMILES string of the molecule is COc1cccc(CN2CCN(C(=O)COc3ccc(Br)cc3)CC2)c1OC. The third kappa shape index (κ3) is 5.17. The standard InChI is InChI=1S/C21H25BrN2O4/c1-26-19-5-3-4-16(21(19)27-2)14-23-10-12-24(13-11-23)20(25)15-28-18-8-6-17(22)7-9-18/h3-9H,10-15H2,1-2H3. The van der Waals surface area contributed by atoms with E-state index in [0.29, 0.717) is 18.8 Å². The summed E-state index contributed by atoms with van der Waals surface area (Å²) in [7, 11) is 3.30. The first kappa shape index (κ1) is 20.5. The fraction of sp³-hybridized carbons (Fsp3) is 0.381. The van der Waals surface area contributed by atoms with Gasteiger partial charge in [-0.3, -0.25) is 9.69 Å². The average Bonchev–Trinajstić information content (AvgIpc) is 2.73. The smallest absolute Gasteiger partial charge is 0.260 e. The molecule has 1 heterocycles. The Morgan fingerprint density at radius 3 is 2.36 bits per heavy atom. The summed E-state index contributed by atoms with van der Waals surface area (Å²) in [6, 6.07) is 13.4. The van der Waals surface area contributed by atoms with Crippen LogP contribution in [0.3, 0.4) is 0 Å². The Balaban J connectivity index is 1.49. The summed E-state index contributed by atoms with van der Waals surface area (Å²) in [5.74, 6) is 2.21. The Kier molecular flexibility index (Phi) is 7.17. The summed E-state index contributed by atoms with van der Waals surface area (Å²) < 4.78 is 17.5.